The van der Waals surface area contributed by atoms with Crippen molar-refractivity contribution in [2.24, 2.45) is 0 Å². The number of nitrogens with zero attached hydrogens (tertiary/aromatic N) is 3. The minimum atomic E-state index is 0.308. The molecule has 3 rings (SSSR count). The van der Waals surface area contributed by atoms with Crippen molar-refractivity contribution in [2.75, 3.05) is 11.9 Å². The highest BCUT2D eigenvalue weighted by Crippen LogP contribution is 2.30. The zero-order valence-corrected chi connectivity index (χ0v) is 10.8. The summed E-state index contributed by atoms with van der Waals surface area (Å²) in [4.78, 5) is 4.21. The Hall–Kier alpha value is -1.84. The van der Waals surface area contributed by atoms with Crippen molar-refractivity contribution in [2.45, 2.75) is 32.2 Å². The van der Waals surface area contributed by atoms with Crippen LogP contribution in [-0.2, 0) is 0 Å². The molecule has 1 N–H and O–H groups in total. The number of nitrogens with one attached hydrogen (secondary N) is 1. The van der Waals surface area contributed by atoms with Crippen LogP contribution in [0, 0.1) is 0 Å². The summed E-state index contributed by atoms with van der Waals surface area (Å²) in [5.74, 6) is 1.58. The summed E-state index contributed by atoms with van der Waals surface area (Å²) in [5.41, 5.74) is 2.38. The summed E-state index contributed by atoms with van der Waals surface area (Å²) in [5, 5.41) is 8.15. The molecule has 0 fully saturated rings. The molecule has 2 aromatic rings. The van der Waals surface area contributed by atoms with Crippen LogP contribution in [-0.4, -0.2) is 21.3 Å². The first-order chi connectivity index (χ1) is 8.75. The molecule has 2 aromatic heterocycles. The largest absolute Gasteiger partial charge is 0.370 e. The van der Waals surface area contributed by atoms with Gasteiger partial charge in [0.15, 0.2) is 0 Å². The first-order valence-corrected chi connectivity index (χ1v) is 6.49. The van der Waals surface area contributed by atoms with E-state index in [4.69, 9.17) is 5.10 Å². The van der Waals surface area contributed by atoms with Gasteiger partial charge in [-0.3, -0.25) is 4.98 Å². The Bertz CT molecular complexity index is 530. The average Bonchev–Trinajstić information content (AvgIpc) is 2.83. The maximum atomic E-state index is 4.73. The van der Waals surface area contributed by atoms with E-state index in [0.717, 1.165) is 24.5 Å². The Morgan fingerprint density at radius 1 is 1.44 bits per heavy atom. The highest BCUT2D eigenvalue weighted by molar-refractivity contribution is 5.41. The lowest BCUT2D eigenvalue weighted by Crippen LogP contribution is -2.24. The predicted octanol–water partition coefficient (Wildman–Crippen LogP) is 2.81. The van der Waals surface area contributed by atoms with Crippen molar-refractivity contribution in [3.8, 4) is 0 Å². The lowest BCUT2D eigenvalue weighted by atomic mass is 10.0. The standard InChI is InChI=1S/C14H18N4/c1-10(2)12-8-14-16-7-5-13(18(14)17-12)11-4-3-6-15-9-11/h3-4,6,8-10,13,16H,5,7H2,1-2H3. The van der Waals surface area contributed by atoms with Crippen molar-refractivity contribution in [3.63, 3.8) is 0 Å². The molecule has 18 heavy (non-hydrogen) atoms. The van der Waals surface area contributed by atoms with Crippen molar-refractivity contribution < 1.29 is 0 Å². The summed E-state index contributed by atoms with van der Waals surface area (Å²) in [6.45, 7) is 5.34. The second-order valence-corrected chi connectivity index (χ2v) is 5.07. The zero-order chi connectivity index (χ0) is 12.5. The number of aromatic nitrogens is 3. The molecule has 0 bridgehead atoms. The molecular formula is C14H18N4. The molecule has 1 aliphatic rings. The van der Waals surface area contributed by atoms with Crippen molar-refractivity contribution in [3.05, 3.63) is 41.9 Å². The molecular weight excluding hydrogens is 224 g/mol. The van der Waals surface area contributed by atoms with Crippen LogP contribution in [0.5, 0.6) is 0 Å². The SMILES string of the molecule is CC(C)c1cc2n(n1)C(c1cccnc1)CCN2. The van der Waals surface area contributed by atoms with E-state index in [9.17, 15) is 0 Å². The van der Waals surface area contributed by atoms with Crippen LogP contribution in [0.1, 0.15) is 43.5 Å². The number of rotatable bonds is 2. The molecule has 0 saturated heterocycles. The van der Waals surface area contributed by atoms with Crippen LogP contribution < -0.4 is 5.32 Å². The summed E-state index contributed by atoms with van der Waals surface area (Å²) in [6.07, 6.45) is 4.81. The van der Waals surface area contributed by atoms with Crippen molar-refractivity contribution in [1.82, 2.24) is 14.8 Å². The lowest BCUT2D eigenvalue weighted by molar-refractivity contribution is 0.475. The minimum absolute atomic E-state index is 0.308. The van der Waals surface area contributed by atoms with Crippen LogP contribution in [0.4, 0.5) is 5.82 Å². The maximum Gasteiger partial charge on any atom is 0.125 e. The molecule has 1 unspecified atom stereocenters. The third-order valence-electron chi connectivity index (χ3n) is 3.43. The van der Waals surface area contributed by atoms with Gasteiger partial charge >= 0.3 is 0 Å². The summed E-state index contributed by atoms with van der Waals surface area (Å²) in [6, 6.07) is 6.59. The van der Waals surface area contributed by atoms with Gasteiger partial charge in [-0.25, -0.2) is 4.68 Å². The second-order valence-electron chi connectivity index (χ2n) is 5.07. The zero-order valence-electron chi connectivity index (χ0n) is 10.8. The number of hydrogen-bond acceptors (Lipinski definition) is 3. The van der Waals surface area contributed by atoms with Crippen LogP contribution >= 0.6 is 0 Å². The second kappa shape index (κ2) is 4.44. The van der Waals surface area contributed by atoms with E-state index < -0.39 is 0 Å². The highest BCUT2D eigenvalue weighted by atomic mass is 15.4. The van der Waals surface area contributed by atoms with Crippen molar-refractivity contribution >= 4 is 5.82 Å². The van der Waals surface area contributed by atoms with Crippen LogP contribution in [0.2, 0.25) is 0 Å². The molecule has 1 atom stereocenters. The molecule has 0 spiro atoms. The molecule has 0 aromatic carbocycles. The molecule has 4 nitrogen and oxygen atoms in total. The predicted molar refractivity (Wildman–Crippen MR) is 71.8 cm³/mol. The van der Waals surface area contributed by atoms with Gasteiger partial charge in [-0.2, -0.15) is 5.10 Å². The number of pyridine rings is 1. The smallest absolute Gasteiger partial charge is 0.125 e. The number of hydrogen-bond donors (Lipinski definition) is 1. The Balaban J connectivity index is 2.01. The maximum absolute atomic E-state index is 4.73. The van der Waals surface area contributed by atoms with E-state index in [-0.39, 0.29) is 0 Å². The van der Waals surface area contributed by atoms with Gasteiger partial charge in [0.1, 0.15) is 5.82 Å². The van der Waals surface area contributed by atoms with Gasteiger partial charge < -0.3 is 5.32 Å². The third-order valence-corrected chi connectivity index (χ3v) is 3.43. The molecule has 0 amide bonds. The Kier molecular flexibility index (Phi) is 2.78. The first kappa shape index (κ1) is 11.3. The van der Waals surface area contributed by atoms with E-state index in [1.807, 2.05) is 18.5 Å². The van der Waals surface area contributed by atoms with Gasteiger partial charge in [-0.1, -0.05) is 19.9 Å². The molecule has 0 radical (unpaired) electrons. The van der Waals surface area contributed by atoms with Gasteiger partial charge in [0.25, 0.3) is 0 Å². The van der Waals surface area contributed by atoms with Gasteiger partial charge in [0.05, 0.1) is 11.7 Å². The van der Waals surface area contributed by atoms with E-state index in [2.05, 4.69) is 41.0 Å². The third kappa shape index (κ3) is 1.88. The minimum Gasteiger partial charge on any atom is -0.370 e. The van der Waals surface area contributed by atoms with Gasteiger partial charge in [-0.05, 0) is 24.0 Å². The van der Waals surface area contributed by atoms with E-state index in [1.54, 1.807) is 0 Å². The molecule has 0 saturated carbocycles. The highest BCUT2D eigenvalue weighted by Gasteiger charge is 2.23. The van der Waals surface area contributed by atoms with E-state index in [1.165, 1.54) is 5.56 Å². The monoisotopic (exact) mass is 242 g/mol. The fourth-order valence-corrected chi connectivity index (χ4v) is 2.41. The topological polar surface area (TPSA) is 42.7 Å². The van der Waals surface area contributed by atoms with Crippen molar-refractivity contribution in [1.29, 1.82) is 0 Å². The van der Waals surface area contributed by atoms with E-state index in [0.29, 0.717) is 12.0 Å². The molecule has 4 heteroatoms. The van der Waals surface area contributed by atoms with Gasteiger partial charge in [0, 0.05) is 25.0 Å². The molecule has 0 aliphatic carbocycles. The van der Waals surface area contributed by atoms with Crippen LogP contribution in [0.3, 0.4) is 0 Å². The summed E-state index contributed by atoms with van der Waals surface area (Å²) in [7, 11) is 0. The fraction of sp³-hybridized carbons (Fsp3) is 0.429. The fourth-order valence-electron chi connectivity index (χ4n) is 2.41. The normalized spacial score (nSPS) is 18.5. The molecule has 3 heterocycles. The Morgan fingerprint density at radius 2 is 2.33 bits per heavy atom. The van der Waals surface area contributed by atoms with Gasteiger partial charge in [0.2, 0.25) is 0 Å². The van der Waals surface area contributed by atoms with Gasteiger partial charge in [-0.15, -0.1) is 0 Å². The van der Waals surface area contributed by atoms with E-state index >= 15 is 0 Å². The van der Waals surface area contributed by atoms with Crippen LogP contribution in [0.25, 0.3) is 0 Å². The summed E-state index contributed by atoms with van der Waals surface area (Å²) >= 11 is 0. The molecule has 94 valence electrons. The lowest BCUT2D eigenvalue weighted by Gasteiger charge is -2.25. The Morgan fingerprint density at radius 3 is 3.06 bits per heavy atom. The number of anilines is 1. The number of fused-ring (bicyclic) bond motifs is 1. The summed E-state index contributed by atoms with van der Waals surface area (Å²) < 4.78 is 2.11. The first-order valence-electron chi connectivity index (χ1n) is 6.49. The average molecular weight is 242 g/mol. The quantitative estimate of drug-likeness (QED) is 0.880. The van der Waals surface area contributed by atoms with Crippen LogP contribution in [0.15, 0.2) is 30.6 Å². The Labute approximate surface area is 107 Å². The molecule has 1 aliphatic heterocycles.